The number of hydrogen-bond acceptors (Lipinski definition) is 3. The van der Waals surface area contributed by atoms with Gasteiger partial charge >= 0.3 is 0 Å². The van der Waals surface area contributed by atoms with Crippen LogP contribution in [-0.4, -0.2) is 54.2 Å². The van der Waals surface area contributed by atoms with Crippen LogP contribution in [0.25, 0.3) is 6.08 Å². The van der Waals surface area contributed by atoms with Crippen molar-refractivity contribution in [3.63, 3.8) is 0 Å². The first-order chi connectivity index (χ1) is 12.4. The second kappa shape index (κ2) is 11.4. The maximum atomic E-state index is 6.48. The van der Waals surface area contributed by atoms with Crippen molar-refractivity contribution in [1.82, 2.24) is 0 Å². The third-order valence-corrected chi connectivity index (χ3v) is 28.7. The first-order valence-electron chi connectivity index (χ1n) is 10.1. The highest BCUT2D eigenvalue weighted by Gasteiger charge is 2.27. The number of hydrogen-bond donors (Lipinski definition) is 0. The van der Waals surface area contributed by atoms with Crippen molar-refractivity contribution in [3.8, 4) is 0 Å². The summed E-state index contributed by atoms with van der Waals surface area (Å²) in [5, 5.41) is 0. The van der Waals surface area contributed by atoms with Gasteiger partial charge in [-0.05, 0) is 74.3 Å². The lowest BCUT2D eigenvalue weighted by Crippen LogP contribution is -2.40. The SMILES string of the molecule is C=Cc1ccc(C[SiH2]O[Si](C)(C)C[SiH2]O[Si](C)(C)C[SiH2]O[Si](C)(C)C)cc1. The molecule has 1 rings (SSSR count). The molecule has 1 aromatic rings. The zero-order valence-electron chi connectivity index (χ0n) is 18.6. The lowest BCUT2D eigenvalue weighted by molar-refractivity contribution is 0.566. The minimum absolute atomic E-state index is 0.406. The van der Waals surface area contributed by atoms with Gasteiger partial charge in [0.15, 0.2) is 34.7 Å². The van der Waals surface area contributed by atoms with Crippen molar-refractivity contribution >= 4 is 60.3 Å². The lowest BCUT2D eigenvalue weighted by Gasteiger charge is -2.28. The first kappa shape index (κ1) is 25.2. The third kappa shape index (κ3) is 12.3. The van der Waals surface area contributed by atoms with E-state index in [-0.39, 0.29) is 0 Å². The first-order valence-corrected chi connectivity index (χ1v) is 24.4. The zero-order valence-corrected chi connectivity index (χ0v) is 25.8. The fourth-order valence-corrected chi connectivity index (χ4v) is 20.8. The van der Waals surface area contributed by atoms with Gasteiger partial charge in [-0.1, -0.05) is 36.9 Å². The highest BCUT2D eigenvalue weighted by atomic mass is 28.4. The molecule has 0 unspecified atom stereocenters. The van der Waals surface area contributed by atoms with Crippen LogP contribution in [0.4, 0.5) is 0 Å². The van der Waals surface area contributed by atoms with Gasteiger partial charge < -0.3 is 12.3 Å². The molecule has 27 heavy (non-hydrogen) atoms. The Labute approximate surface area is 177 Å². The molecule has 9 heteroatoms. The van der Waals surface area contributed by atoms with Gasteiger partial charge in [0.25, 0.3) is 0 Å². The largest absolute Gasteiger partial charge is 0.461 e. The van der Waals surface area contributed by atoms with E-state index in [1.165, 1.54) is 22.5 Å². The van der Waals surface area contributed by atoms with Gasteiger partial charge in [-0.2, -0.15) is 0 Å². The van der Waals surface area contributed by atoms with Crippen LogP contribution in [0.5, 0.6) is 0 Å². The van der Waals surface area contributed by atoms with Crippen molar-refractivity contribution in [2.24, 2.45) is 0 Å². The summed E-state index contributed by atoms with van der Waals surface area (Å²) >= 11 is 0. The molecule has 0 aliphatic carbocycles. The fourth-order valence-electron chi connectivity index (χ4n) is 2.59. The van der Waals surface area contributed by atoms with E-state index in [9.17, 15) is 0 Å². The molecule has 0 aliphatic rings. The number of benzene rings is 1. The summed E-state index contributed by atoms with van der Waals surface area (Å²) in [5.41, 5.74) is 5.07. The van der Waals surface area contributed by atoms with Crippen LogP contribution in [0.1, 0.15) is 11.1 Å². The van der Waals surface area contributed by atoms with Crippen LogP contribution in [-0.2, 0) is 18.4 Å². The van der Waals surface area contributed by atoms with Crippen molar-refractivity contribution in [2.75, 3.05) is 0 Å². The summed E-state index contributed by atoms with van der Waals surface area (Å²) in [6, 6.07) is 9.82. The summed E-state index contributed by atoms with van der Waals surface area (Å²) in [6.07, 6.45) is 1.89. The monoisotopic (exact) mass is 472 g/mol. The van der Waals surface area contributed by atoms with Crippen molar-refractivity contribution in [1.29, 1.82) is 0 Å². The van der Waals surface area contributed by atoms with Gasteiger partial charge in [0, 0.05) is 0 Å². The second-order valence-corrected chi connectivity index (χ2v) is 29.8. The average Bonchev–Trinajstić information content (AvgIpc) is 2.53. The molecular formula is C18H40O3Si6. The summed E-state index contributed by atoms with van der Waals surface area (Å²) in [7, 11) is -5.76. The molecule has 154 valence electrons. The molecule has 0 amide bonds. The Kier molecular flexibility index (Phi) is 10.6. The molecule has 0 spiro atoms. The van der Waals surface area contributed by atoms with Gasteiger partial charge in [-0.25, -0.2) is 0 Å². The highest BCUT2D eigenvalue weighted by molar-refractivity contribution is 6.86. The zero-order chi connectivity index (χ0) is 20.6. The maximum Gasteiger partial charge on any atom is 0.171 e. The predicted molar refractivity (Wildman–Crippen MR) is 137 cm³/mol. The Morgan fingerprint density at radius 3 is 1.74 bits per heavy atom. The molecule has 0 aliphatic heterocycles. The molecule has 0 saturated carbocycles. The summed E-state index contributed by atoms with van der Waals surface area (Å²) in [4.78, 5) is 0. The smallest absolute Gasteiger partial charge is 0.171 e. The molecule has 0 aromatic heterocycles. The van der Waals surface area contributed by atoms with Crippen LogP contribution in [0, 0.1) is 0 Å². The Balaban J connectivity index is 2.27. The lowest BCUT2D eigenvalue weighted by atomic mass is 10.1. The molecular weight excluding hydrogens is 433 g/mol. The second-order valence-electron chi connectivity index (χ2n) is 9.37. The van der Waals surface area contributed by atoms with Crippen LogP contribution >= 0.6 is 0 Å². The van der Waals surface area contributed by atoms with Gasteiger partial charge in [-0.15, -0.1) is 0 Å². The van der Waals surface area contributed by atoms with E-state index in [0.717, 1.165) is 6.04 Å². The van der Waals surface area contributed by atoms with Crippen LogP contribution in [0.15, 0.2) is 30.8 Å². The molecule has 1 aromatic carbocycles. The molecule has 0 radical (unpaired) electrons. The minimum atomic E-state index is -1.54. The summed E-state index contributed by atoms with van der Waals surface area (Å²) in [5.74, 6) is 0. The van der Waals surface area contributed by atoms with Crippen LogP contribution in [0.3, 0.4) is 0 Å². The molecule has 3 nitrogen and oxygen atoms in total. The molecule has 0 fully saturated rings. The van der Waals surface area contributed by atoms with E-state index in [2.05, 4.69) is 76.7 Å². The van der Waals surface area contributed by atoms with E-state index < -0.39 is 54.2 Å². The number of rotatable bonds is 13. The van der Waals surface area contributed by atoms with Gasteiger partial charge in [-0.3, -0.25) is 0 Å². The Morgan fingerprint density at radius 2 is 1.26 bits per heavy atom. The quantitative estimate of drug-likeness (QED) is 0.412. The Hall–Kier alpha value is 0.141. The van der Waals surface area contributed by atoms with E-state index in [1.54, 1.807) is 0 Å². The third-order valence-electron chi connectivity index (χ3n) is 4.54. The van der Waals surface area contributed by atoms with Crippen molar-refractivity contribution in [3.05, 3.63) is 42.0 Å². The van der Waals surface area contributed by atoms with Gasteiger partial charge in [0.05, 0.1) is 0 Å². The average molecular weight is 473 g/mol. The molecule has 0 N–H and O–H groups in total. The van der Waals surface area contributed by atoms with E-state index in [0.29, 0.717) is 0 Å². The van der Waals surface area contributed by atoms with Gasteiger partial charge in [0.1, 0.15) is 19.5 Å². The minimum Gasteiger partial charge on any atom is -0.461 e. The molecule has 0 heterocycles. The van der Waals surface area contributed by atoms with Crippen LogP contribution in [0.2, 0.25) is 57.2 Å². The molecule has 0 saturated heterocycles. The fraction of sp³-hybridized carbons (Fsp3) is 0.556. The van der Waals surface area contributed by atoms with E-state index >= 15 is 0 Å². The van der Waals surface area contributed by atoms with Crippen molar-refractivity contribution in [2.45, 2.75) is 63.2 Å². The highest BCUT2D eigenvalue weighted by Crippen LogP contribution is 2.16. The topological polar surface area (TPSA) is 27.7 Å². The maximum absolute atomic E-state index is 6.48. The normalized spacial score (nSPS) is 14.3. The van der Waals surface area contributed by atoms with E-state index in [1.807, 2.05) is 6.08 Å². The summed E-state index contributed by atoms with van der Waals surface area (Å²) in [6.45, 7) is 20.1. The predicted octanol–water partition coefficient (Wildman–Crippen LogP) is 3.29. The Bertz CT molecular complexity index is 569. The van der Waals surface area contributed by atoms with E-state index in [4.69, 9.17) is 12.3 Å². The standard InChI is InChI=1S/C18H40O3Si6/c1-9-17-10-12-18(13-11-17)14-22-20-26(5,6)16-24-21-27(7,8)15-23-19-25(2,3)4/h9-13H,1,14-16,22-24H2,2-8H3. The Morgan fingerprint density at radius 1 is 0.778 bits per heavy atom. The van der Waals surface area contributed by atoms with Crippen molar-refractivity contribution < 1.29 is 12.3 Å². The molecule has 0 atom stereocenters. The van der Waals surface area contributed by atoms with Gasteiger partial charge in [0.2, 0.25) is 0 Å². The summed E-state index contributed by atoms with van der Waals surface area (Å²) < 4.78 is 19.1. The van der Waals surface area contributed by atoms with Crippen LogP contribution < -0.4 is 0 Å². The molecule has 0 bridgehead atoms.